The number of benzene rings is 2. The predicted octanol–water partition coefficient (Wildman–Crippen LogP) is 5.34. The fraction of sp³-hybridized carbons (Fsp3) is 0.211. The molecule has 3 aromatic rings. The standard InChI is InChI=1S/C19H19Cl2N5/c1-13(2)26(12-14-7-4-3-5-8-14)19-24-17(11-22-25-19)23-18-15(20)9-6-10-16(18)21/h3-11,13H,12H2,1-2H3,(H,23,24,25). The Kier molecular flexibility index (Phi) is 5.91. The van der Waals surface area contributed by atoms with Crippen LogP contribution >= 0.6 is 23.2 Å². The van der Waals surface area contributed by atoms with Crippen molar-refractivity contribution in [2.45, 2.75) is 26.4 Å². The second-order valence-electron chi connectivity index (χ2n) is 6.07. The molecule has 0 spiro atoms. The van der Waals surface area contributed by atoms with E-state index in [-0.39, 0.29) is 6.04 Å². The summed E-state index contributed by atoms with van der Waals surface area (Å²) in [6.45, 7) is 4.88. The van der Waals surface area contributed by atoms with Crippen LogP contribution in [0.25, 0.3) is 0 Å². The third-order valence-corrected chi connectivity index (χ3v) is 4.47. The van der Waals surface area contributed by atoms with Crippen molar-refractivity contribution < 1.29 is 0 Å². The van der Waals surface area contributed by atoms with Gasteiger partial charge in [0.25, 0.3) is 0 Å². The van der Waals surface area contributed by atoms with E-state index in [1.807, 2.05) is 18.2 Å². The molecule has 2 aromatic carbocycles. The van der Waals surface area contributed by atoms with Gasteiger partial charge in [-0.2, -0.15) is 10.1 Å². The van der Waals surface area contributed by atoms with Gasteiger partial charge >= 0.3 is 0 Å². The van der Waals surface area contributed by atoms with Crippen molar-refractivity contribution in [3.8, 4) is 0 Å². The smallest absolute Gasteiger partial charge is 0.247 e. The van der Waals surface area contributed by atoms with Crippen molar-refractivity contribution in [1.82, 2.24) is 15.2 Å². The van der Waals surface area contributed by atoms with Crippen LogP contribution in [0.2, 0.25) is 10.0 Å². The van der Waals surface area contributed by atoms with E-state index in [4.69, 9.17) is 23.2 Å². The number of hydrogen-bond donors (Lipinski definition) is 1. The maximum atomic E-state index is 6.22. The number of aromatic nitrogens is 3. The molecule has 3 rings (SSSR count). The van der Waals surface area contributed by atoms with E-state index in [2.05, 4.69) is 51.4 Å². The molecular weight excluding hydrogens is 369 g/mol. The minimum atomic E-state index is 0.205. The number of nitrogens with one attached hydrogen (secondary N) is 1. The van der Waals surface area contributed by atoms with Gasteiger partial charge in [0.2, 0.25) is 5.95 Å². The van der Waals surface area contributed by atoms with Gasteiger partial charge in [-0.15, -0.1) is 5.10 Å². The second-order valence-corrected chi connectivity index (χ2v) is 6.88. The van der Waals surface area contributed by atoms with Crippen molar-refractivity contribution in [2.24, 2.45) is 0 Å². The van der Waals surface area contributed by atoms with Gasteiger partial charge in [0.05, 0.1) is 21.9 Å². The first kappa shape index (κ1) is 18.4. The van der Waals surface area contributed by atoms with Gasteiger partial charge < -0.3 is 10.2 Å². The third kappa shape index (κ3) is 4.42. The Bertz CT molecular complexity index is 851. The Labute approximate surface area is 163 Å². The van der Waals surface area contributed by atoms with Crippen LogP contribution in [0, 0.1) is 0 Å². The maximum Gasteiger partial charge on any atom is 0.247 e. The average Bonchev–Trinajstić information content (AvgIpc) is 2.64. The number of halogens is 2. The van der Waals surface area contributed by atoms with E-state index in [0.29, 0.717) is 34.0 Å². The highest BCUT2D eigenvalue weighted by Gasteiger charge is 2.16. The zero-order valence-electron chi connectivity index (χ0n) is 14.5. The lowest BCUT2D eigenvalue weighted by Crippen LogP contribution is -2.32. The molecule has 0 atom stereocenters. The van der Waals surface area contributed by atoms with Crippen LogP contribution in [0.4, 0.5) is 17.5 Å². The predicted molar refractivity (Wildman–Crippen MR) is 107 cm³/mol. The Balaban J connectivity index is 1.87. The van der Waals surface area contributed by atoms with E-state index in [9.17, 15) is 0 Å². The van der Waals surface area contributed by atoms with Gasteiger partial charge in [-0.05, 0) is 31.5 Å². The SMILES string of the molecule is CC(C)N(Cc1ccccc1)c1nncc(Nc2c(Cl)cccc2Cl)n1. The maximum absolute atomic E-state index is 6.22. The Morgan fingerprint density at radius 2 is 1.69 bits per heavy atom. The highest BCUT2D eigenvalue weighted by Crippen LogP contribution is 2.32. The fourth-order valence-corrected chi connectivity index (χ4v) is 2.98. The number of anilines is 3. The summed E-state index contributed by atoms with van der Waals surface area (Å²) in [4.78, 5) is 6.68. The van der Waals surface area contributed by atoms with Crippen molar-refractivity contribution in [3.63, 3.8) is 0 Å². The first-order valence-electron chi connectivity index (χ1n) is 8.26. The van der Waals surface area contributed by atoms with Gasteiger partial charge in [0.1, 0.15) is 0 Å². The minimum absolute atomic E-state index is 0.205. The van der Waals surface area contributed by atoms with Crippen LogP contribution in [0.3, 0.4) is 0 Å². The van der Waals surface area contributed by atoms with Crippen LogP contribution in [-0.4, -0.2) is 21.2 Å². The van der Waals surface area contributed by atoms with Gasteiger partial charge in [0, 0.05) is 12.6 Å². The van der Waals surface area contributed by atoms with E-state index >= 15 is 0 Å². The van der Waals surface area contributed by atoms with Crippen LogP contribution in [0.5, 0.6) is 0 Å². The molecule has 26 heavy (non-hydrogen) atoms. The molecular formula is C19H19Cl2N5. The molecule has 0 fully saturated rings. The summed E-state index contributed by atoms with van der Waals surface area (Å²) in [5.74, 6) is 1.07. The molecule has 0 bridgehead atoms. The lowest BCUT2D eigenvalue weighted by molar-refractivity contribution is 0.653. The molecule has 0 saturated heterocycles. The lowest BCUT2D eigenvalue weighted by Gasteiger charge is -2.26. The van der Waals surface area contributed by atoms with Crippen molar-refractivity contribution in [3.05, 3.63) is 70.3 Å². The number of para-hydroxylation sites is 1. The molecule has 0 aliphatic rings. The van der Waals surface area contributed by atoms with Crippen molar-refractivity contribution in [2.75, 3.05) is 10.2 Å². The molecule has 0 aliphatic carbocycles. The summed E-state index contributed by atoms with van der Waals surface area (Å²) >= 11 is 12.4. The van der Waals surface area contributed by atoms with Crippen molar-refractivity contribution in [1.29, 1.82) is 0 Å². The molecule has 0 amide bonds. The molecule has 0 aliphatic heterocycles. The summed E-state index contributed by atoms with van der Waals surface area (Å²) in [5, 5.41) is 12.5. The largest absolute Gasteiger partial charge is 0.336 e. The molecule has 1 aromatic heterocycles. The topological polar surface area (TPSA) is 53.9 Å². The van der Waals surface area contributed by atoms with Crippen LogP contribution in [-0.2, 0) is 6.54 Å². The quantitative estimate of drug-likeness (QED) is 0.618. The minimum Gasteiger partial charge on any atom is -0.336 e. The van der Waals surface area contributed by atoms with E-state index in [1.165, 1.54) is 5.56 Å². The molecule has 7 heteroatoms. The van der Waals surface area contributed by atoms with E-state index < -0.39 is 0 Å². The van der Waals surface area contributed by atoms with Gasteiger partial charge in [0.15, 0.2) is 5.82 Å². The highest BCUT2D eigenvalue weighted by atomic mass is 35.5. The van der Waals surface area contributed by atoms with Gasteiger partial charge in [-0.25, -0.2) is 0 Å². The zero-order chi connectivity index (χ0) is 18.5. The number of nitrogens with zero attached hydrogens (tertiary/aromatic N) is 4. The van der Waals surface area contributed by atoms with Crippen molar-refractivity contribution >= 4 is 40.7 Å². The van der Waals surface area contributed by atoms with Crippen LogP contribution in [0.1, 0.15) is 19.4 Å². The molecule has 5 nitrogen and oxygen atoms in total. The summed E-state index contributed by atoms with van der Waals surface area (Å²) in [6.07, 6.45) is 1.55. The Morgan fingerprint density at radius 3 is 2.35 bits per heavy atom. The molecule has 134 valence electrons. The van der Waals surface area contributed by atoms with Gasteiger partial charge in [-0.1, -0.05) is 59.6 Å². The molecule has 0 radical (unpaired) electrons. The summed E-state index contributed by atoms with van der Waals surface area (Å²) in [7, 11) is 0. The monoisotopic (exact) mass is 387 g/mol. The Morgan fingerprint density at radius 1 is 1.00 bits per heavy atom. The molecule has 0 saturated carbocycles. The summed E-state index contributed by atoms with van der Waals surface area (Å²) in [5.41, 5.74) is 1.78. The summed E-state index contributed by atoms with van der Waals surface area (Å²) in [6, 6.07) is 15.7. The average molecular weight is 388 g/mol. The number of hydrogen-bond acceptors (Lipinski definition) is 5. The highest BCUT2D eigenvalue weighted by molar-refractivity contribution is 6.39. The first-order valence-corrected chi connectivity index (χ1v) is 9.01. The third-order valence-electron chi connectivity index (χ3n) is 3.84. The van der Waals surface area contributed by atoms with Crippen LogP contribution < -0.4 is 10.2 Å². The fourth-order valence-electron chi connectivity index (χ4n) is 2.49. The summed E-state index contributed by atoms with van der Waals surface area (Å²) < 4.78 is 0. The van der Waals surface area contributed by atoms with E-state index in [1.54, 1.807) is 24.4 Å². The normalized spacial score (nSPS) is 10.8. The second kappa shape index (κ2) is 8.34. The lowest BCUT2D eigenvalue weighted by atomic mass is 10.2. The first-order chi connectivity index (χ1) is 12.5. The van der Waals surface area contributed by atoms with Crippen LogP contribution in [0.15, 0.2) is 54.7 Å². The Hall–Kier alpha value is -2.37. The van der Waals surface area contributed by atoms with E-state index in [0.717, 1.165) is 0 Å². The van der Waals surface area contributed by atoms with Gasteiger partial charge in [-0.3, -0.25) is 0 Å². The zero-order valence-corrected chi connectivity index (χ0v) is 16.0. The molecule has 1 heterocycles. The number of rotatable bonds is 6. The molecule has 0 unspecified atom stereocenters. The molecule has 1 N–H and O–H groups in total.